The standard InChI is InChI=1S/C25H23FN2O3/c1-25(2)27(15-17-6-4-3-5-7-17)24(29)23(28(25)20-11-9-19(26)10-12-20)18-8-13-21-22(14-18)31-16-30-21/h3-14,23H,15-16H2,1-2H3. The number of amides is 1. The molecule has 0 spiro atoms. The van der Waals surface area contributed by atoms with Gasteiger partial charge in [-0.3, -0.25) is 4.79 Å². The molecule has 0 radical (unpaired) electrons. The monoisotopic (exact) mass is 418 g/mol. The molecule has 0 N–H and O–H groups in total. The molecule has 3 aromatic rings. The minimum atomic E-state index is -0.647. The van der Waals surface area contributed by atoms with Crippen LogP contribution in [0.1, 0.15) is 31.0 Å². The van der Waals surface area contributed by atoms with Crippen molar-refractivity contribution in [3.05, 3.63) is 89.7 Å². The van der Waals surface area contributed by atoms with Crippen LogP contribution in [0.5, 0.6) is 11.5 Å². The average molecular weight is 418 g/mol. The molecule has 1 saturated heterocycles. The molecule has 1 unspecified atom stereocenters. The number of hydrogen-bond donors (Lipinski definition) is 0. The third kappa shape index (κ3) is 3.28. The van der Waals surface area contributed by atoms with Crippen molar-refractivity contribution >= 4 is 11.6 Å². The summed E-state index contributed by atoms with van der Waals surface area (Å²) in [5.74, 6) is 0.969. The molecule has 31 heavy (non-hydrogen) atoms. The fourth-order valence-corrected chi connectivity index (χ4v) is 4.45. The summed E-state index contributed by atoms with van der Waals surface area (Å²) in [4.78, 5) is 17.7. The minimum Gasteiger partial charge on any atom is -0.454 e. The first kappa shape index (κ1) is 19.4. The van der Waals surface area contributed by atoms with E-state index in [9.17, 15) is 9.18 Å². The van der Waals surface area contributed by atoms with E-state index in [0.717, 1.165) is 16.8 Å². The number of nitrogens with zero attached hydrogens (tertiary/aromatic N) is 2. The minimum absolute atomic E-state index is 0.0166. The van der Waals surface area contributed by atoms with E-state index >= 15 is 0 Å². The summed E-state index contributed by atoms with van der Waals surface area (Å²) in [6.07, 6.45) is 0. The summed E-state index contributed by atoms with van der Waals surface area (Å²) >= 11 is 0. The summed E-state index contributed by atoms with van der Waals surface area (Å²) < 4.78 is 24.6. The Bertz CT molecular complexity index is 1120. The van der Waals surface area contributed by atoms with E-state index in [4.69, 9.17) is 9.47 Å². The Labute approximate surface area is 180 Å². The predicted molar refractivity (Wildman–Crippen MR) is 115 cm³/mol. The second-order valence-electron chi connectivity index (χ2n) is 8.27. The normalized spacial score (nSPS) is 19.2. The highest BCUT2D eigenvalue weighted by Crippen LogP contribution is 2.46. The summed E-state index contributed by atoms with van der Waals surface area (Å²) in [6.45, 7) is 4.68. The first-order chi connectivity index (χ1) is 14.9. The molecule has 1 fully saturated rings. The molecule has 2 aliphatic heterocycles. The maximum atomic E-state index is 13.8. The van der Waals surface area contributed by atoms with Crippen molar-refractivity contribution in [2.24, 2.45) is 0 Å². The van der Waals surface area contributed by atoms with Crippen molar-refractivity contribution in [1.29, 1.82) is 0 Å². The highest BCUT2D eigenvalue weighted by atomic mass is 19.1. The average Bonchev–Trinajstić information content (AvgIpc) is 3.31. The van der Waals surface area contributed by atoms with E-state index in [1.165, 1.54) is 12.1 Å². The van der Waals surface area contributed by atoms with Crippen molar-refractivity contribution in [2.75, 3.05) is 11.7 Å². The second kappa shape index (κ2) is 7.30. The maximum Gasteiger partial charge on any atom is 0.252 e. The van der Waals surface area contributed by atoms with E-state index in [0.29, 0.717) is 18.0 Å². The van der Waals surface area contributed by atoms with Gasteiger partial charge in [-0.1, -0.05) is 36.4 Å². The predicted octanol–water partition coefficient (Wildman–Crippen LogP) is 4.88. The third-order valence-electron chi connectivity index (χ3n) is 6.01. The van der Waals surface area contributed by atoms with Crippen molar-refractivity contribution in [1.82, 2.24) is 4.90 Å². The van der Waals surface area contributed by atoms with E-state index < -0.39 is 11.7 Å². The van der Waals surface area contributed by atoms with E-state index in [2.05, 4.69) is 4.90 Å². The summed E-state index contributed by atoms with van der Waals surface area (Å²) in [5.41, 5.74) is 1.99. The number of rotatable bonds is 4. The SMILES string of the molecule is CC1(C)N(Cc2ccccc2)C(=O)C(c2ccc3c(c2)OCO3)N1c1ccc(F)cc1. The molecule has 1 amide bonds. The number of fused-ring (bicyclic) bond motifs is 1. The van der Waals surface area contributed by atoms with Gasteiger partial charge in [0.15, 0.2) is 11.5 Å². The number of halogens is 1. The van der Waals surface area contributed by atoms with Crippen LogP contribution in [-0.2, 0) is 11.3 Å². The van der Waals surface area contributed by atoms with E-state index in [1.54, 1.807) is 12.1 Å². The van der Waals surface area contributed by atoms with Crippen LogP contribution in [0.15, 0.2) is 72.8 Å². The van der Waals surface area contributed by atoms with Gasteiger partial charge in [-0.2, -0.15) is 0 Å². The zero-order valence-electron chi connectivity index (χ0n) is 17.4. The largest absolute Gasteiger partial charge is 0.454 e. The van der Waals surface area contributed by atoms with Crippen LogP contribution >= 0.6 is 0 Å². The van der Waals surface area contributed by atoms with Crippen molar-refractivity contribution in [2.45, 2.75) is 32.1 Å². The molecule has 5 nitrogen and oxygen atoms in total. The molecule has 0 saturated carbocycles. The smallest absolute Gasteiger partial charge is 0.252 e. The van der Waals surface area contributed by atoms with Gasteiger partial charge in [0.2, 0.25) is 6.79 Å². The lowest BCUT2D eigenvalue weighted by Crippen LogP contribution is -2.49. The second-order valence-corrected chi connectivity index (χ2v) is 8.27. The van der Waals surface area contributed by atoms with Crippen molar-refractivity contribution < 1.29 is 18.7 Å². The van der Waals surface area contributed by atoms with Gasteiger partial charge in [0.1, 0.15) is 17.5 Å². The Kier molecular flexibility index (Phi) is 4.58. The number of carbonyl (C=O) groups is 1. The molecule has 2 heterocycles. The molecule has 0 aliphatic carbocycles. The van der Waals surface area contributed by atoms with Crippen LogP contribution < -0.4 is 14.4 Å². The Morgan fingerprint density at radius 2 is 1.68 bits per heavy atom. The zero-order chi connectivity index (χ0) is 21.6. The summed E-state index contributed by atoms with van der Waals surface area (Å²) in [7, 11) is 0. The van der Waals surface area contributed by atoms with Crippen LogP contribution in [-0.4, -0.2) is 23.3 Å². The lowest BCUT2D eigenvalue weighted by Gasteiger charge is -2.40. The molecule has 5 rings (SSSR count). The fraction of sp³-hybridized carbons (Fsp3) is 0.240. The Morgan fingerprint density at radius 3 is 2.42 bits per heavy atom. The summed E-state index contributed by atoms with van der Waals surface area (Å²) in [6, 6.07) is 21.2. The molecule has 0 bridgehead atoms. The molecule has 6 heteroatoms. The molecule has 0 aromatic heterocycles. The number of carbonyl (C=O) groups excluding carboxylic acids is 1. The van der Waals surface area contributed by atoms with Crippen molar-refractivity contribution in [3.63, 3.8) is 0 Å². The van der Waals surface area contributed by atoms with Gasteiger partial charge < -0.3 is 19.3 Å². The number of benzene rings is 3. The molecular formula is C25H23FN2O3. The van der Waals surface area contributed by atoms with Gasteiger partial charge >= 0.3 is 0 Å². The molecule has 3 aromatic carbocycles. The van der Waals surface area contributed by atoms with Crippen LogP contribution in [0, 0.1) is 5.82 Å². The van der Waals surface area contributed by atoms with E-state index in [1.807, 2.05) is 67.3 Å². The molecule has 2 aliphatic rings. The number of ether oxygens (including phenoxy) is 2. The van der Waals surface area contributed by atoms with Gasteiger partial charge in [-0.05, 0) is 61.4 Å². The Balaban J connectivity index is 1.60. The maximum absolute atomic E-state index is 13.8. The highest BCUT2D eigenvalue weighted by Gasteiger charge is 2.52. The van der Waals surface area contributed by atoms with E-state index in [-0.39, 0.29) is 18.5 Å². The van der Waals surface area contributed by atoms with Gasteiger partial charge in [0.25, 0.3) is 5.91 Å². The first-order valence-electron chi connectivity index (χ1n) is 10.2. The number of hydrogen-bond acceptors (Lipinski definition) is 4. The van der Waals surface area contributed by atoms with Crippen LogP contribution in [0.4, 0.5) is 10.1 Å². The fourth-order valence-electron chi connectivity index (χ4n) is 4.45. The van der Waals surface area contributed by atoms with Crippen LogP contribution in [0.3, 0.4) is 0 Å². The first-order valence-corrected chi connectivity index (χ1v) is 10.2. The van der Waals surface area contributed by atoms with Gasteiger partial charge in [0, 0.05) is 12.2 Å². The van der Waals surface area contributed by atoms with Crippen LogP contribution in [0.25, 0.3) is 0 Å². The zero-order valence-corrected chi connectivity index (χ0v) is 17.4. The topological polar surface area (TPSA) is 42.0 Å². The lowest BCUT2D eigenvalue weighted by molar-refractivity contribution is -0.132. The van der Waals surface area contributed by atoms with Crippen LogP contribution in [0.2, 0.25) is 0 Å². The number of anilines is 1. The van der Waals surface area contributed by atoms with Gasteiger partial charge in [0.05, 0.1) is 0 Å². The molecule has 158 valence electrons. The quantitative estimate of drug-likeness (QED) is 0.606. The Morgan fingerprint density at radius 1 is 0.968 bits per heavy atom. The molecule has 1 atom stereocenters. The lowest BCUT2D eigenvalue weighted by atomic mass is 10.0. The van der Waals surface area contributed by atoms with Gasteiger partial charge in [-0.15, -0.1) is 0 Å². The molecular weight excluding hydrogens is 395 g/mol. The highest BCUT2D eigenvalue weighted by molar-refractivity contribution is 5.92. The van der Waals surface area contributed by atoms with Gasteiger partial charge in [-0.25, -0.2) is 4.39 Å². The van der Waals surface area contributed by atoms with Crippen molar-refractivity contribution in [3.8, 4) is 11.5 Å². The third-order valence-corrected chi connectivity index (χ3v) is 6.01. The Hall–Kier alpha value is -3.54. The summed E-state index contributed by atoms with van der Waals surface area (Å²) in [5, 5.41) is 0.